The normalized spacial score (nSPS) is 14.5. The van der Waals surface area contributed by atoms with Crippen LogP contribution in [-0.2, 0) is 4.79 Å². The molecule has 1 aromatic rings. The van der Waals surface area contributed by atoms with Gasteiger partial charge in [-0.15, -0.1) is 0 Å². The van der Waals surface area contributed by atoms with Crippen molar-refractivity contribution in [1.82, 2.24) is 15.2 Å². The minimum Gasteiger partial charge on any atom is -0.358 e. The fourth-order valence-corrected chi connectivity index (χ4v) is 2.62. The molecule has 5 nitrogen and oxygen atoms in total. The van der Waals surface area contributed by atoms with Crippen molar-refractivity contribution in [2.75, 3.05) is 25.9 Å². The number of hydrogen-bond acceptors (Lipinski definition) is 4. The van der Waals surface area contributed by atoms with Gasteiger partial charge in [0.05, 0.1) is 16.3 Å². The zero-order valence-corrected chi connectivity index (χ0v) is 11.7. The van der Waals surface area contributed by atoms with Gasteiger partial charge in [-0.05, 0) is 25.0 Å². The van der Waals surface area contributed by atoms with Crippen LogP contribution in [0.3, 0.4) is 0 Å². The van der Waals surface area contributed by atoms with Gasteiger partial charge in [-0.1, -0.05) is 11.8 Å². The number of aromatic nitrogens is 1. The van der Waals surface area contributed by atoms with E-state index in [-0.39, 0.29) is 11.8 Å². The first-order valence-electron chi connectivity index (χ1n) is 6.29. The summed E-state index contributed by atoms with van der Waals surface area (Å²) in [7, 11) is 1.61. The van der Waals surface area contributed by atoms with E-state index in [9.17, 15) is 9.59 Å². The number of likely N-dealkylation sites (tertiary alicyclic amines) is 1. The number of hydrogen-bond donors (Lipinski definition) is 1. The Labute approximate surface area is 116 Å². The van der Waals surface area contributed by atoms with Crippen molar-refractivity contribution in [3.8, 4) is 0 Å². The maximum absolute atomic E-state index is 12.1. The minimum absolute atomic E-state index is 0.0379. The van der Waals surface area contributed by atoms with Crippen LogP contribution < -0.4 is 5.32 Å². The highest BCUT2D eigenvalue weighted by Crippen LogP contribution is 2.17. The first kappa shape index (κ1) is 13.9. The number of rotatable bonds is 4. The molecule has 0 aliphatic carbocycles. The molecule has 0 atom stereocenters. The first-order valence-corrected chi connectivity index (χ1v) is 7.28. The molecule has 0 radical (unpaired) electrons. The maximum Gasteiger partial charge on any atom is 0.255 e. The largest absolute Gasteiger partial charge is 0.358 e. The SMILES string of the molecule is CNC(=O)CSc1ccc(C(=O)N2CCCC2)cn1. The molecule has 2 heterocycles. The predicted molar refractivity (Wildman–Crippen MR) is 74.2 cm³/mol. The van der Waals surface area contributed by atoms with Crippen molar-refractivity contribution in [3.63, 3.8) is 0 Å². The highest BCUT2D eigenvalue weighted by atomic mass is 32.2. The molecule has 1 saturated heterocycles. The smallest absolute Gasteiger partial charge is 0.255 e. The fourth-order valence-electron chi connectivity index (χ4n) is 1.91. The number of nitrogens with zero attached hydrogens (tertiary/aromatic N) is 2. The minimum atomic E-state index is -0.0379. The molecule has 0 aromatic carbocycles. The highest BCUT2D eigenvalue weighted by Gasteiger charge is 2.19. The third-order valence-electron chi connectivity index (χ3n) is 3.01. The summed E-state index contributed by atoms with van der Waals surface area (Å²) in [6, 6.07) is 3.57. The second kappa shape index (κ2) is 6.56. The van der Waals surface area contributed by atoms with Gasteiger partial charge in [0.15, 0.2) is 0 Å². The van der Waals surface area contributed by atoms with E-state index in [1.165, 1.54) is 11.8 Å². The van der Waals surface area contributed by atoms with Crippen LogP contribution in [0.1, 0.15) is 23.2 Å². The Kier molecular flexibility index (Phi) is 4.79. The van der Waals surface area contributed by atoms with Crippen molar-refractivity contribution in [2.45, 2.75) is 17.9 Å². The second-order valence-electron chi connectivity index (χ2n) is 4.35. The summed E-state index contributed by atoms with van der Waals surface area (Å²) < 4.78 is 0. The van der Waals surface area contributed by atoms with Gasteiger partial charge in [0.1, 0.15) is 0 Å². The van der Waals surface area contributed by atoms with Crippen LogP contribution in [0.2, 0.25) is 0 Å². The maximum atomic E-state index is 12.1. The lowest BCUT2D eigenvalue weighted by atomic mass is 10.2. The molecule has 1 aliphatic rings. The molecular weight excluding hydrogens is 262 g/mol. The van der Waals surface area contributed by atoms with E-state index in [2.05, 4.69) is 10.3 Å². The van der Waals surface area contributed by atoms with Crippen molar-refractivity contribution >= 4 is 23.6 Å². The molecule has 1 aromatic heterocycles. The van der Waals surface area contributed by atoms with Crippen molar-refractivity contribution in [1.29, 1.82) is 0 Å². The van der Waals surface area contributed by atoms with Gasteiger partial charge in [0.2, 0.25) is 5.91 Å². The molecular formula is C13H17N3O2S. The van der Waals surface area contributed by atoms with E-state index in [0.29, 0.717) is 11.3 Å². The van der Waals surface area contributed by atoms with Gasteiger partial charge in [0.25, 0.3) is 5.91 Å². The third kappa shape index (κ3) is 3.70. The molecule has 19 heavy (non-hydrogen) atoms. The molecule has 0 unspecified atom stereocenters. The molecule has 1 N–H and O–H groups in total. The highest BCUT2D eigenvalue weighted by molar-refractivity contribution is 7.99. The molecule has 6 heteroatoms. The van der Waals surface area contributed by atoms with Crippen molar-refractivity contribution in [2.24, 2.45) is 0 Å². The molecule has 0 bridgehead atoms. The topological polar surface area (TPSA) is 62.3 Å². The lowest BCUT2D eigenvalue weighted by molar-refractivity contribution is -0.118. The van der Waals surface area contributed by atoms with Crippen LogP contribution in [-0.4, -0.2) is 47.6 Å². The predicted octanol–water partition coefficient (Wildman–Crippen LogP) is 1.16. The molecule has 102 valence electrons. The Morgan fingerprint density at radius 3 is 2.68 bits per heavy atom. The Morgan fingerprint density at radius 2 is 2.11 bits per heavy atom. The quantitative estimate of drug-likeness (QED) is 0.840. The number of carbonyl (C=O) groups is 2. The number of nitrogens with one attached hydrogen (secondary N) is 1. The van der Waals surface area contributed by atoms with Gasteiger partial charge in [-0.3, -0.25) is 9.59 Å². The first-order chi connectivity index (χ1) is 9.20. The summed E-state index contributed by atoms with van der Waals surface area (Å²) in [5.41, 5.74) is 0.617. The summed E-state index contributed by atoms with van der Waals surface area (Å²) in [6.45, 7) is 1.68. The van der Waals surface area contributed by atoms with E-state index in [1.807, 2.05) is 4.90 Å². The summed E-state index contributed by atoms with van der Waals surface area (Å²) >= 11 is 1.36. The molecule has 0 spiro atoms. The van der Waals surface area contributed by atoms with Crippen molar-refractivity contribution in [3.05, 3.63) is 23.9 Å². The van der Waals surface area contributed by atoms with Crippen LogP contribution in [0, 0.1) is 0 Å². The standard InChI is InChI=1S/C13H17N3O2S/c1-14-11(17)9-19-12-5-4-10(8-15-12)13(18)16-6-2-3-7-16/h4-5,8H,2-3,6-7,9H2,1H3,(H,14,17). The Bertz CT molecular complexity index is 455. The van der Waals surface area contributed by atoms with E-state index in [4.69, 9.17) is 0 Å². The lowest BCUT2D eigenvalue weighted by Gasteiger charge is -2.14. The van der Waals surface area contributed by atoms with E-state index in [0.717, 1.165) is 31.0 Å². The van der Waals surface area contributed by atoms with Crippen molar-refractivity contribution < 1.29 is 9.59 Å². The van der Waals surface area contributed by atoms with Gasteiger partial charge >= 0.3 is 0 Å². The summed E-state index contributed by atoms with van der Waals surface area (Å²) in [4.78, 5) is 29.3. The Balaban J connectivity index is 1.94. The van der Waals surface area contributed by atoms with Gasteiger partial charge < -0.3 is 10.2 Å². The third-order valence-corrected chi connectivity index (χ3v) is 3.95. The van der Waals surface area contributed by atoms with Crippen LogP contribution in [0.15, 0.2) is 23.4 Å². The molecule has 1 fully saturated rings. The average molecular weight is 279 g/mol. The number of amides is 2. The summed E-state index contributed by atoms with van der Waals surface area (Å²) in [5.74, 6) is 0.347. The van der Waals surface area contributed by atoms with E-state index in [1.54, 1.807) is 25.4 Å². The van der Waals surface area contributed by atoms with E-state index >= 15 is 0 Å². The van der Waals surface area contributed by atoms with Crippen LogP contribution >= 0.6 is 11.8 Å². The molecule has 1 aliphatic heterocycles. The zero-order chi connectivity index (χ0) is 13.7. The van der Waals surface area contributed by atoms with Crippen LogP contribution in [0.4, 0.5) is 0 Å². The molecule has 2 rings (SSSR count). The number of thioether (sulfide) groups is 1. The Hall–Kier alpha value is -1.56. The fraction of sp³-hybridized carbons (Fsp3) is 0.462. The number of pyridine rings is 1. The van der Waals surface area contributed by atoms with Crippen LogP contribution in [0.25, 0.3) is 0 Å². The number of carbonyl (C=O) groups excluding carboxylic acids is 2. The van der Waals surface area contributed by atoms with E-state index < -0.39 is 0 Å². The Morgan fingerprint density at radius 1 is 1.37 bits per heavy atom. The van der Waals surface area contributed by atoms with Gasteiger partial charge in [-0.25, -0.2) is 4.98 Å². The summed E-state index contributed by atoms with van der Waals surface area (Å²) in [5, 5.41) is 3.31. The van der Waals surface area contributed by atoms with Gasteiger partial charge in [-0.2, -0.15) is 0 Å². The lowest BCUT2D eigenvalue weighted by Crippen LogP contribution is -2.27. The monoisotopic (exact) mass is 279 g/mol. The van der Waals surface area contributed by atoms with Gasteiger partial charge in [0, 0.05) is 26.3 Å². The molecule has 0 saturated carbocycles. The average Bonchev–Trinajstić information content (AvgIpc) is 2.98. The summed E-state index contributed by atoms with van der Waals surface area (Å²) in [6.07, 6.45) is 3.76. The second-order valence-corrected chi connectivity index (χ2v) is 5.34. The zero-order valence-electron chi connectivity index (χ0n) is 10.9. The van der Waals surface area contributed by atoms with Crippen LogP contribution in [0.5, 0.6) is 0 Å². The molecule has 2 amide bonds.